The van der Waals surface area contributed by atoms with Gasteiger partial charge in [0.05, 0.1) is 11.7 Å². The number of benzene rings is 1. The molecule has 1 amide bonds. The second-order valence-electron chi connectivity index (χ2n) is 10.0. The number of rotatable bonds is 7. The molecule has 2 aromatic rings. The van der Waals surface area contributed by atoms with Gasteiger partial charge in [-0.25, -0.2) is 9.48 Å². The Bertz CT molecular complexity index is 924. The number of anilines is 1. The van der Waals surface area contributed by atoms with Gasteiger partial charge in [-0.1, -0.05) is 0 Å². The molecule has 2 N–H and O–H groups in total. The molecule has 0 saturated carbocycles. The van der Waals surface area contributed by atoms with E-state index in [1.165, 1.54) is 12.0 Å². The molecule has 33 heavy (non-hydrogen) atoms. The van der Waals surface area contributed by atoms with Crippen molar-refractivity contribution in [1.82, 2.24) is 15.1 Å². The molecule has 0 radical (unpaired) electrons. The molecule has 182 valence electrons. The second-order valence-corrected chi connectivity index (χ2v) is 10.0. The molecule has 2 aliphatic heterocycles. The molecule has 0 aliphatic carbocycles. The van der Waals surface area contributed by atoms with E-state index >= 15 is 0 Å². The highest BCUT2D eigenvalue weighted by molar-refractivity contribution is 5.92. The molecule has 2 saturated heterocycles. The fraction of sp³-hybridized carbons (Fsp3) is 0.680. The predicted molar refractivity (Wildman–Crippen MR) is 129 cm³/mol. The van der Waals surface area contributed by atoms with Gasteiger partial charge in [-0.05, 0) is 82.9 Å². The van der Waals surface area contributed by atoms with Crippen LogP contribution in [0.1, 0.15) is 77.0 Å². The fourth-order valence-corrected chi connectivity index (χ4v) is 4.54. The van der Waals surface area contributed by atoms with Crippen LogP contribution < -0.4 is 10.6 Å². The van der Waals surface area contributed by atoms with Crippen molar-refractivity contribution in [2.45, 2.75) is 77.0 Å². The van der Waals surface area contributed by atoms with Crippen molar-refractivity contribution in [2.24, 2.45) is 0 Å². The van der Waals surface area contributed by atoms with Crippen molar-refractivity contribution < 1.29 is 19.0 Å². The molecule has 8 nitrogen and oxygen atoms in total. The van der Waals surface area contributed by atoms with Gasteiger partial charge in [-0.3, -0.25) is 0 Å². The summed E-state index contributed by atoms with van der Waals surface area (Å²) in [5, 5.41) is 12.2. The highest BCUT2D eigenvalue weighted by Gasteiger charge is 2.23. The Morgan fingerprint density at radius 3 is 2.70 bits per heavy atom. The average Bonchev–Trinajstić information content (AvgIpc) is 3.23. The molecule has 4 rings (SSSR count). The SMILES string of the molecule is CC(C)(C)OC(=O)NCCCNc1cc(C2CCOCC2)cc2c1cnn2C1CCCCO1. The normalized spacial score (nSPS) is 20.0. The van der Waals surface area contributed by atoms with Crippen LogP contribution in [0.5, 0.6) is 0 Å². The third-order valence-corrected chi connectivity index (χ3v) is 6.20. The summed E-state index contributed by atoms with van der Waals surface area (Å²) in [7, 11) is 0. The van der Waals surface area contributed by atoms with Crippen molar-refractivity contribution in [3.8, 4) is 0 Å². The number of amides is 1. The zero-order valence-corrected chi connectivity index (χ0v) is 20.2. The molecule has 0 spiro atoms. The van der Waals surface area contributed by atoms with E-state index in [2.05, 4.69) is 27.4 Å². The predicted octanol–water partition coefficient (Wildman–Crippen LogP) is 4.96. The highest BCUT2D eigenvalue weighted by Crippen LogP contribution is 2.35. The third-order valence-electron chi connectivity index (χ3n) is 6.20. The summed E-state index contributed by atoms with van der Waals surface area (Å²) in [5.74, 6) is 0.494. The minimum Gasteiger partial charge on any atom is -0.444 e. The van der Waals surface area contributed by atoms with E-state index < -0.39 is 5.60 Å². The highest BCUT2D eigenvalue weighted by atomic mass is 16.6. The molecule has 1 unspecified atom stereocenters. The Kier molecular flexibility index (Phi) is 7.75. The lowest BCUT2D eigenvalue weighted by Gasteiger charge is -2.25. The van der Waals surface area contributed by atoms with Gasteiger partial charge < -0.3 is 24.8 Å². The first-order valence-corrected chi connectivity index (χ1v) is 12.3. The van der Waals surface area contributed by atoms with Crippen LogP contribution in [0.2, 0.25) is 0 Å². The maximum Gasteiger partial charge on any atom is 0.407 e. The number of carbonyl (C=O) groups is 1. The summed E-state index contributed by atoms with van der Waals surface area (Å²) < 4.78 is 19.0. The van der Waals surface area contributed by atoms with Crippen molar-refractivity contribution >= 4 is 22.7 Å². The number of nitrogens with zero attached hydrogens (tertiary/aromatic N) is 2. The van der Waals surface area contributed by atoms with Crippen molar-refractivity contribution in [3.63, 3.8) is 0 Å². The molecule has 1 atom stereocenters. The Morgan fingerprint density at radius 2 is 1.97 bits per heavy atom. The lowest BCUT2D eigenvalue weighted by molar-refractivity contribution is -0.0366. The first-order valence-electron chi connectivity index (χ1n) is 12.3. The van der Waals surface area contributed by atoms with Crippen LogP contribution in [0.15, 0.2) is 18.3 Å². The van der Waals surface area contributed by atoms with Crippen LogP contribution >= 0.6 is 0 Å². The first-order chi connectivity index (χ1) is 15.9. The van der Waals surface area contributed by atoms with Gasteiger partial charge in [0, 0.05) is 44.0 Å². The fourth-order valence-electron chi connectivity index (χ4n) is 4.54. The van der Waals surface area contributed by atoms with Gasteiger partial charge in [0.2, 0.25) is 0 Å². The van der Waals surface area contributed by atoms with Crippen LogP contribution in [0.4, 0.5) is 10.5 Å². The largest absolute Gasteiger partial charge is 0.444 e. The van der Waals surface area contributed by atoms with Crippen LogP contribution in [0, 0.1) is 0 Å². The van der Waals surface area contributed by atoms with E-state index in [1.54, 1.807) is 0 Å². The zero-order chi connectivity index (χ0) is 23.3. The number of hydrogen-bond donors (Lipinski definition) is 2. The molecular formula is C25H38N4O4. The lowest BCUT2D eigenvalue weighted by atomic mass is 9.90. The summed E-state index contributed by atoms with van der Waals surface area (Å²) in [5.41, 5.74) is 3.06. The number of fused-ring (bicyclic) bond motifs is 1. The quantitative estimate of drug-likeness (QED) is 0.571. The monoisotopic (exact) mass is 458 g/mol. The van der Waals surface area contributed by atoms with Crippen LogP contribution in [0.3, 0.4) is 0 Å². The van der Waals surface area contributed by atoms with Crippen molar-refractivity contribution in [3.05, 3.63) is 23.9 Å². The van der Waals surface area contributed by atoms with Gasteiger partial charge in [0.15, 0.2) is 6.23 Å². The van der Waals surface area contributed by atoms with Crippen LogP contribution in [0.25, 0.3) is 10.9 Å². The number of carbonyl (C=O) groups excluding carboxylic acids is 1. The number of nitrogens with one attached hydrogen (secondary N) is 2. The molecule has 1 aromatic carbocycles. The zero-order valence-electron chi connectivity index (χ0n) is 20.2. The van der Waals surface area contributed by atoms with E-state index in [4.69, 9.17) is 19.3 Å². The molecule has 0 bridgehead atoms. The molecule has 8 heteroatoms. The Labute approximate surface area is 196 Å². The molecule has 3 heterocycles. The maximum absolute atomic E-state index is 11.9. The topological polar surface area (TPSA) is 86.6 Å². The number of alkyl carbamates (subject to hydrolysis) is 1. The second kappa shape index (κ2) is 10.7. The van der Waals surface area contributed by atoms with Gasteiger partial charge in [-0.15, -0.1) is 0 Å². The van der Waals surface area contributed by atoms with E-state index in [9.17, 15) is 4.79 Å². The summed E-state index contributed by atoms with van der Waals surface area (Å²) in [6.07, 6.45) is 7.74. The van der Waals surface area contributed by atoms with Crippen LogP contribution in [-0.4, -0.2) is 54.4 Å². The van der Waals surface area contributed by atoms with E-state index in [0.29, 0.717) is 12.5 Å². The molecule has 2 aliphatic rings. The van der Waals surface area contributed by atoms with Gasteiger partial charge in [0.25, 0.3) is 0 Å². The molecule has 1 aromatic heterocycles. The summed E-state index contributed by atoms with van der Waals surface area (Å²) in [4.78, 5) is 11.9. The van der Waals surface area contributed by atoms with Gasteiger partial charge in [-0.2, -0.15) is 5.10 Å². The lowest BCUT2D eigenvalue weighted by Crippen LogP contribution is -2.33. The van der Waals surface area contributed by atoms with Crippen molar-refractivity contribution in [2.75, 3.05) is 38.2 Å². The Balaban J connectivity index is 1.46. The summed E-state index contributed by atoms with van der Waals surface area (Å²) in [6.45, 7) is 9.31. The first kappa shape index (κ1) is 23.8. The Morgan fingerprint density at radius 1 is 1.15 bits per heavy atom. The number of hydrogen-bond acceptors (Lipinski definition) is 6. The maximum atomic E-state index is 11.9. The standard InChI is InChI=1S/C25H38N4O4/c1-25(2,3)33-24(30)27-11-6-10-26-21-15-19(18-8-13-31-14-9-18)16-22-20(21)17-28-29(22)23-7-4-5-12-32-23/h15-18,23,26H,4-14H2,1-3H3,(H,27,30). The van der Waals surface area contributed by atoms with Crippen LogP contribution in [-0.2, 0) is 14.2 Å². The molecule has 2 fully saturated rings. The Hall–Kier alpha value is -2.32. The third kappa shape index (κ3) is 6.38. The summed E-state index contributed by atoms with van der Waals surface area (Å²) in [6, 6.07) is 4.57. The van der Waals surface area contributed by atoms with E-state index in [0.717, 1.165) is 75.1 Å². The minimum atomic E-state index is -0.485. The smallest absolute Gasteiger partial charge is 0.407 e. The summed E-state index contributed by atoms with van der Waals surface area (Å²) >= 11 is 0. The number of aromatic nitrogens is 2. The average molecular weight is 459 g/mol. The molecular weight excluding hydrogens is 420 g/mol. The van der Waals surface area contributed by atoms with Gasteiger partial charge >= 0.3 is 6.09 Å². The minimum absolute atomic E-state index is 0.00654. The van der Waals surface area contributed by atoms with E-state index in [-0.39, 0.29) is 12.3 Å². The van der Waals surface area contributed by atoms with E-state index in [1.807, 2.05) is 27.0 Å². The van der Waals surface area contributed by atoms with Gasteiger partial charge in [0.1, 0.15) is 5.60 Å². The van der Waals surface area contributed by atoms with Crippen molar-refractivity contribution in [1.29, 1.82) is 0 Å². The number of ether oxygens (including phenoxy) is 3.